The Bertz CT molecular complexity index is 337. The third kappa shape index (κ3) is 9.39. The fraction of sp³-hybridized carbons (Fsp3) is 0.800. The zero-order valence-corrected chi connectivity index (χ0v) is 11.3. The molecule has 0 aromatic carbocycles. The van der Waals surface area contributed by atoms with Crippen LogP contribution >= 0.6 is 0 Å². The van der Waals surface area contributed by atoms with Gasteiger partial charge in [-0.2, -0.15) is 26.3 Å². The van der Waals surface area contributed by atoms with E-state index in [0.29, 0.717) is 0 Å². The van der Waals surface area contributed by atoms with E-state index in [1.54, 1.807) is 10.6 Å². The molecule has 0 aromatic rings. The van der Waals surface area contributed by atoms with Crippen LogP contribution in [0.15, 0.2) is 0 Å². The first-order valence-corrected chi connectivity index (χ1v) is 5.88. The summed E-state index contributed by atoms with van der Waals surface area (Å²) in [7, 11) is 0. The molecule has 0 aliphatic carbocycles. The number of carbonyl (C=O) groups excluding carboxylic acids is 2. The molecule has 2 N–H and O–H groups in total. The van der Waals surface area contributed by atoms with Crippen LogP contribution in [0.25, 0.3) is 0 Å². The predicted molar refractivity (Wildman–Crippen MR) is 59.5 cm³/mol. The smallest absolute Gasteiger partial charge is 0.351 e. The molecular weight excluding hydrogens is 326 g/mol. The van der Waals surface area contributed by atoms with Crippen molar-refractivity contribution in [2.45, 2.75) is 25.6 Å². The molecule has 22 heavy (non-hydrogen) atoms. The molecule has 0 heterocycles. The van der Waals surface area contributed by atoms with Crippen molar-refractivity contribution >= 4 is 11.8 Å². The molecule has 0 spiro atoms. The SMILES string of the molecule is CC(OCCNC(=O)C(F)(F)F)OCCNC(=O)C(F)(F)F. The number of rotatable bonds is 8. The Morgan fingerprint density at radius 1 is 0.864 bits per heavy atom. The van der Waals surface area contributed by atoms with Crippen LogP contribution in [-0.4, -0.2) is 56.8 Å². The summed E-state index contributed by atoms with van der Waals surface area (Å²) >= 11 is 0. The van der Waals surface area contributed by atoms with Gasteiger partial charge < -0.3 is 20.1 Å². The van der Waals surface area contributed by atoms with E-state index in [2.05, 4.69) is 0 Å². The summed E-state index contributed by atoms with van der Waals surface area (Å²) in [6, 6.07) is 0. The Kier molecular flexibility index (Phi) is 8.16. The summed E-state index contributed by atoms with van der Waals surface area (Å²) in [5, 5.41) is 3.10. The van der Waals surface area contributed by atoms with Crippen LogP contribution in [0.4, 0.5) is 26.3 Å². The molecule has 0 unspecified atom stereocenters. The summed E-state index contributed by atoms with van der Waals surface area (Å²) in [4.78, 5) is 20.8. The third-order valence-corrected chi connectivity index (χ3v) is 2.00. The number of nitrogens with one attached hydrogen (secondary N) is 2. The molecule has 0 aromatic heterocycles. The molecule has 0 rings (SSSR count). The van der Waals surface area contributed by atoms with Crippen molar-refractivity contribution in [2.24, 2.45) is 0 Å². The Morgan fingerprint density at radius 2 is 1.18 bits per heavy atom. The van der Waals surface area contributed by atoms with Crippen LogP contribution in [-0.2, 0) is 19.1 Å². The normalized spacial score (nSPS) is 12.4. The van der Waals surface area contributed by atoms with Crippen LogP contribution in [0.5, 0.6) is 0 Å². The van der Waals surface area contributed by atoms with Gasteiger partial charge in [0.15, 0.2) is 6.29 Å². The highest BCUT2D eigenvalue weighted by atomic mass is 19.4. The summed E-state index contributed by atoms with van der Waals surface area (Å²) in [5.74, 6) is -4.22. The van der Waals surface area contributed by atoms with E-state index in [1.165, 1.54) is 6.92 Å². The lowest BCUT2D eigenvalue weighted by Gasteiger charge is -2.15. The van der Waals surface area contributed by atoms with Crippen molar-refractivity contribution in [3.63, 3.8) is 0 Å². The molecule has 0 radical (unpaired) electrons. The number of halogens is 6. The molecule has 0 atom stereocenters. The van der Waals surface area contributed by atoms with Crippen molar-refractivity contribution in [1.82, 2.24) is 10.6 Å². The minimum absolute atomic E-state index is 0.294. The summed E-state index contributed by atoms with van der Waals surface area (Å²) in [6.07, 6.45) is -10.9. The highest BCUT2D eigenvalue weighted by Crippen LogP contribution is 2.14. The fourth-order valence-corrected chi connectivity index (χ4v) is 1.03. The van der Waals surface area contributed by atoms with Crippen molar-refractivity contribution in [1.29, 1.82) is 0 Å². The lowest BCUT2D eigenvalue weighted by atomic mass is 10.5. The van der Waals surface area contributed by atoms with Gasteiger partial charge in [-0.1, -0.05) is 0 Å². The molecule has 6 nitrogen and oxygen atoms in total. The van der Waals surface area contributed by atoms with Gasteiger partial charge in [0.1, 0.15) is 0 Å². The average Bonchev–Trinajstić information content (AvgIpc) is 2.36. The van der Waals surface area contributed by atoms with Gasteiger partial charge in [0.2, 0.25) is 0 Å². The molecule has 0 aliphatic rings. The minimum Gasteiger partial charge on any atom is -0.351 e. The number of amides is 2. The van der Waals surface area contributed by atoms with Gasteiger partial charge in [-0.05, 0) is 6.92 Å². The van der Waals surface area contributed by atoms with E-state index in [4.69, 9.17) is 9.47 Å². The second kappa shape index (κ2) is 8.78. The standard InChI is InChI=1S/C10H14F6N2O4/c1-6(21-4-2-17-7(19)9(11,12)13)22-5-3-18-8(20)10(14,15)16/h6H,2-5H2,1H3,(H,17,19)(H,18,20). The molecule has 0 bridgehead atoms. The lowest BCUT2D eigenvalue weighted by Crippen LogP contribution is -2.39. The topological polar surface area (TPSA) is 76.7 Å². The Balaban J connectivity index is 3.65. The number of hydrogen-bond acceptors (Lipinski definition) is 4. The first-order valence-electron chi connectivity index (χ1n) is 5.88. The van der Waals surface area contributed by atoms with Crippen LogP contribution in [0.1, 0.15) is 6.92 Å². The van der Waals surface area contributed by atoms with E-state index < -0.39 is 43.5 Å². The minimum atomic E-state index is -4.99. The van der Waals surface area contributed by atoms with Crippen molar-refractivity contribution in [2.75, 3.05) is 26.3 Å². The number of alkyl halides is 6. The van der Waals surface area contributed by atoms with E-state index in [1.807, 2.05) is 0 Å². The molecule has 2 amide bonds. The quantitative estimate of drug-likeness (QED) is 0.388. The Morgan fingerprint density at radius 3 is 1.45 bits per heavy atom. The maximum atomic E-state index is 11.8. The summed E-state index contributed by atoms with van der Waals surface area (Å²) in [5.41, 5.74) is 0. The van der Waals surface area contributed by atoms with Gasteiger partial charge in [-0.3, -0.25) is 9.59 Å². The van der Waals surface area contributed by atoms with Gasteiger partial charge in [-0.25, -0.2) is 0 Å². The predicted octanol–water partition coefficient (Wildman–Crippen LogP) is 0.723. The molecule has 12 heteroatoms. The van der Waals surface area contributed by atoms with Gasteiger partial charge in [0, 0.05) is 13.1 Å². The molecule has 130 valence electrons. The Labute approximate surface area is 121 Å². The monoisotopic (exact) mass is 340 g/mol. The van der Waals surface area contributed by atoms with Gasteiger partial charge in [-0.15, -0.1) is 0 Å². The molecule has 0 saturated carbocycles. The van der Waals surface area contributed by atoms with Crippen LogP contribution in [0, 0.1) is 0 Å². The van der Waals surface area contributed by atoms with Gasteiger partial charge in [0.05, 0.1) is 13.2 Å². The van der Waals surface area contributed by atoms with Gasteiger partial charge in [0.25, 0.3) is 0 Å². The lowest BCUT2D eigenvalue weighted by molar-refractivity contribution is -0.175. The van der Waals surface area contributed by atoms with E-state index in [-0.39, 0.29) is 13.2 Å². The van der Waals surface area contributed by atoms with E-state index >= 15 is 0 Å². The van der Waals surface area contributed by atoms with Crippen molar-refractivity contribution < 1.29 is 45.4 Å². The third-order valence-electron chi connectivity index (χ3n) is 2.00. The van der Waals surface area contributed by atoms with Crippen molar-refractivity contribution in [3.05, 3.63) is 0 Å². The summed E-state index contributed by atoms with van der Waals surface area (Å²) < 4.78 is 80.5. The highest BCUT2D eigenvalue weighted by molar-refractivity contribution is 5.81. The second-order valence-electron chi connectivity index (χ2n) is 3.82. The van der Waals surface area contributed by atoms with E-state index in [9.17, 15) is 35.9 Å². The van der Waals surface area contributed by atoms with E-state index in [0.717, 1.165) is 0 Å². The first kappa shape index (κ1) is 20.4. The summed E-state index contributed by atoms with van der Waals surface area (Å²) in [6.45, 7) is -0.0827. The number of carbonyl (C=O) groups is 2. The van der Waals surface area contributed by atoms with Crippen LogP contribution in [0.3, 0.4) is 0 Å². The largest absolute Gasteiger partial charge is 0.471 e. The zero-order valence-electron chi connectivity index (χ0n) is 11.3. The molecule has 0 aliphatic heterocycles. The van der Waals surface area contributed by atoms with Crippen LogP contribution in [0.2, 0.25) is 0 Å². The maximum Gasteiger partial charge on any atom is 0.471 e. The number of hydrogen-bond donors (Lipinski definition) is 2. The zero-order chi connectivity index (χ0) is 17.4. The first-order chi connectivity index (χ1) is 9.94. The molecule has 0 saturated heterocycles. The molecular formula is C10H14F6N2O4. The fourth-order valence-electron chi connectivity index (χ4n) is 1.03. The van der Waals surface area contributed by atoms with Crippen LogP contribution < -0.4 is 10.6 Å². The highest BCUT2D eigenvalue weighted by Gasteiger charge is 2.38. The average molecular weight is 340 g/mol. The maximum absolute atomic E-state index is 11.8. The number of ether oxygens (including phenoxy) is 2. The van der Waals surface area contributed by atoms with Gasteiger partial charge >= 0.3 is 24.2 Å². The van der Waals surface area contributed by atoms with Crippen molar-refractivity contribution in [3.8, 4) is 0 Å². The second-order valence-corrected chi connectivity index (χ2v) is 3.82. The molecule has 0 fully saturated rings. The Hall–Kier alpha value is -1.56.